The molecular weight excluding hydrogens is 447 g/mol. The second-order valence-electron chi connectivity index (χ2n) is 9.28. The highest BCUT2D eigenvalue weighted by molar-refractivity contribution is 5.94. The first-order valence-electron chi connectivity index (χ1n) is 11.4. The largest absolute Gasteiger partial charge is 0.416 e. The average Bonchev–Trinajstić information content (AvgIpc) is 3.21. The summed E-state index contributed by atoms with van der Waals surface area (Å²) in [4.78, 5) is 18.9. The predicted octanol–water partition coefficient (Wildman–Crippen LogP) is 2.79. The average molecular weight is 478 g/mol. The Morgan fingerprint density at radius 2 is 2.00 bits per heavy atom. The number of aliphatic hydroxyl groups is 1. The molecule has 1 amide bonds. The first kappa shape index (κ1) is 24.3. The summed E-state index contributed by atoms with van der Waals surface area (Å²) in [6.45, 7) is 5.73. The Kier molecular flexibility index (Phi) is 6.73. The number of alkyl halides is 3. The highest BCUT2D eigenvalue weighted by Gasteiger charge is 2.41. The lowest BCUT2D eigenvalue weighted by molar-refractivity contribution is -0.137. The maximum Gasteiger partial charge on any atom is 0.416 e. The summed E-state index contributed by atoms with van der Waals surface area (Å²) in [6, 6.07) is 4.96. The van der Waals surface area contributed by atoms with E-state index in [0.29, 0.717) is 24.6 Å². The molecular formula is C24H30F3N5O2. The lowest BCUT2D eigenvalue weighted by Crippen LogP contribution is -2.62. The van der Waals surface area contributed by atoms with Gasteiger partial charge in [-0.15, -0.1) is 0 Å². The quantitative estimate of drug-likeness (QED) is 0.572. The van der Waals surface area contributed by atoms with Gasteiger partial charge in [0.05, 0.1) is 18.2 Å². The lowest BCUT2D eigenvalue weighted by Gasteiger charge is -2.48. The van der Waals surface area contributed by atoms with E-state index in [4.69, 9.17) is 0 Å². The van der Waals surface area contributed by atoms with Crippen LogP contribution in [-0.4, -0.2) is 57.2 Å². The molecule has 2 fully saturated rings. The van der Waals surface area contributed by atoms with E-state index < -0.39 is 23.2 Å². The van der Waals surface area contributed by atoms with E-state index in [2.05, 4.69) is 27.1 Å². The van der Waals surface area contributed by atoms with Crippen LogP contribution in [-0.2, 0) is 18.8 Å². The van der Waals surface area contributed by atoms with Crippen LogP contribution in [0.2, 0.25) is 0 Å². The number of imidazole rings is 1. The zero-order valence-electron chi connectivity index (χ0n) is 19.1. The van der Waals surface area contributed by atoms with Gasteiger partial charge in [-0.1, -0.05) is 12.6 Å². The van der Waals surface area contributed by atoms with Crippen LogP contribution in [0, 0.1) is 0 Å². The van der Waals surface area contributed by atoms with Crippen LogP contribution < -0.4 is 10.6 Å². The number of likely N-dealkylation sites (tertiary alicyclic amines) is 1. The molecule has 184 valence electrons. The number of halogens is 3. The Bertz CT molecular complexity index is 1040. The van der Waals surface area contributed by atoms with E-state index in [-0.39, 0.29) is 18.2 Å². The maximum atomic E-state index is 12.8. The standard InChI is InChI=1S/C24H30F3N5O2/c1-16(13-29-21(33)17-4-3-5-18(12-17)24(25,26)27)30-19-14-32(15-19)20-6-8-23(34,9-7-20)22-28-10-11-31(22)2/h3-5,10-12,19-20,30,34H,1,6-9,13-15H2,2H3,(H,29,33). The van der Waals surface area contributed by atoms with Gasteiger partial charge in [0.15, 0.2) is 0 Å². The van der Waals surface area contributed by atoms with Gasteiger partial charge in [-0.2, -0.15) is 13.2 Å². The van der Waals surface area contributed by atoms with Crippen LogP contribution >= 0.6 is 0 Å². The molecule has 0 unspecified atom stereocenters. The summed E-state index contributed by atoms with van der Waals surface area (Å²) < 4.78 is 40.4. The maximum absolute atomic E-state index is 12.8. The molecule has 1 saturated heterocycles. The number of rotatable bonds is 7. The van der Waals surface area contributed by atoms with Crippen LogP contribution in [0.15, 0.2) is 48.9 Å². The third-order valence-corrected chi connectivity index (χ3v) is 6.77. The topological polar surface area (TPSA) is 82.4 Å². The van der Waals surface area contributed by atoms with E-state index in [1.165, 1.54) is 12.1 Å². The molecule has 2 aliphatic rings. The summed E-state index contributed by atoms with van der Waals surface area (Å²) >= 11 is 0. The van der Waals surface area contributed by atoms with Gasteiger partial charge in [-0.25, -0.2) is 4.98 Å². The van der Waals surface area contributed by atoms with Gasteiger partial charge in [-0.3, -0.25) is 9.69 Å². The third-order valence-electron chi connectivity index (χ3n) is 6.77. The van der Waals surface area contributed by atoms with E-state index in [1.807, 2.05) is 17.8 Å². The molecule has 1 aliphatic heterocycles. The fourth-order valence-corrected chi connectivity index (χ4v) is 4.85. The molecule has 4 rings (SSSR count). The number of carbonyl (C=O) groups excluding carboxylic acids is 1. The number of carbonyl (C=O) groups is 1. The normalized spacial score (nSPS) is 23.9. The van der Waals surface area contributed by atoms with Gasteiger partial charge >= 0.3 is 6.18 Å². The second-order valence-corrected chi connectivity index (χ2v) is 9.28. The summed E-state index contributed by atoms with van der Waals surface area (Å²) in [7, 11) is 1.90. The molecule has 0 spiro atoms. The summed E-state index contributed by atoms with van der Waals surface area (Å²) in [5.41, 5.74) is -1.16. The van der Waals surface area contributed by atoms with E-state index in [9.17, 15) is 23.1 Å². The minimum Gasteiger partial charge on any atom is -0.382 e. The van der Waals surface area contributed by atoms with Crippen LogP contribution in [0.1, 0.15) is 47.4 Å². The zero-order chi connectivity index (χ0) is 24.5. The van der Waals surface area contributed by atoms with Crippen molar-refractivity contribution in [2.24, 2.45) is 7.05 Å². The van der Waals surface area contributed by atoms with Gasteiger partial charge in [0, 0.05) is 49.8 Å². The van der Waals surface area contributed by atoms with E-state index in [1.54, 1.807) is 6.20 Å². The fourth-order valence-electron chi connectivity index (χ4n) is 4.85. The Hall–Kier alpha value is -2.85. The number of hydrogen-bond acceptors (Lipinski definition) is 5. The van der Waals surface area contributed by atoms with Crippen molar-refractivity contribution >= 4 is 5.91 Å². The van der Waals surface area contributed by atoms with Crippen molar-refractivity contribution in [3.05, 3.63) is 65.9 Å². The van der Waals surface area contributed by atoms with Crippen molar-refractivity contribution in [1.82, 2.24) is 25.1 Å². The van der Waals surface area contributed by atoms with Crippen molar-refractivity contribution in [3.63, 3.8) is 0 Å². The first-order chi connectivity index (χ1) is 16.0. The van der Waals surface area contributed by atoms with Crippen LogP contribution in [0.5, 0.6) is 0 Å². The summed E-state index contributed by atoms with van der Waals surface area (Å²) in [5, 5.41) is 16.9. The molecule has 0 atom stereocenters. The van der Waals surface area contributed by atoms with Gasteiger partial charge in [0.1, 0.15) is 11.4 Å². The highest BCUT2D eigenvalue weighted by Crippen LogP contribution is 2.38. The molecule has 1 aromatic heterocycles. The predicted molar refractivity (Wildman–Crippen MR) is 121 cm³/mol. The molecule has 0 bridgehead atoms. The second kappa shape index (κ2) is 9.42. The van der Waals surface area contributed by atoms with Crippen LogP contribution in [0.25, 0.3) is 0 Å². The molecule has 1 saturated carbocycles. The minimum atomic E-state index is -4.49. The molecule has 0 radical (unpaired) electrons. The van der Waals surface area contributed by atoms with E-state index >= 15 is 0 Å². The molecule has 2 aromatic rings. The Labute approximate surface area is 196 Å². The number of amides is 1. The Morgan fingerprint density at radius 1 is 1.29 bits per heavy atom. The molecule has 1 aromatic carbocycles. The van der Waals surface area contributed by atoms with Crippen molar-refractivity contribution < 1.29 is 23.1 Å². The number of hydrogen-bond donors (Lipinski definition) is 3. The smallest absolute Gasteiger partial charge is 0.382 e. The number of nitrogens with zero attached hydrogens (tertiary/aromatic N) is 3. The van der Waals surface area contributed by atoms with Crippen LogP contribution in [0.4, 0.5) is 13.2 Å². The van der Waals surface area contributed by atoms with Gasteiger partial charge in [0.2, 0.25) is 0 Å². The first-order valence-corrected chi connectivity index (χ1v) is 11.4. The van der Waals surface area contributed by atoms with E-state index in [0.717, 1.165) is 43.9 Å². The number of nitrogens with one attached hydrogen (secondary N) is 2. The van der Waals surface area contributed by atoms with Gasteiger partial charge in [-0.05, 0) is 43.9 Å². The number of aryl methyl sites for hydroxylation is 1. The third kappa shape index (κ3) is 5.28. The molecule has 34 heavy (non-hydrogen) atoms. The van der Waals surface area contributed by atoms with Crippen molar-refractivity contribution in [2.45, 2.75) is 49.5 Å². The zero-order valence-corrected chi connectivity index (χ0v) is 19.1. The Balaban J connectivity index is 1.18. The van der Waals surface area contributed by atoms with Crippen molar-refractivity contribution in [1.29, 1.82) is 0 Å². The monoisotopic (exact) mass is 477 g/mol. The van der Waals surface area contributed by atoms with Gasteiger partial charge < -0.3 is 20.3 Å². The fraction of sp³-hybridized carbons (Fsp3) is 0.500. The SMILES string of the molecule is C=C(CNC(=O)c1cccc(C(F)(F)F)c1)NC1CN(C2CCC(O)(c3nccn3C)CC2)C1. The van der Waals surface area contributed by atoms with Gasteiger partial charge in [0.25, 0.3) is 5.91 Å². The molecule has 7 nitrogen and oxygen atoms in total. The summed E-state index contributed by atoms with van der Waals surface area (Å²) in [5.74, 6) is 0.143. The highest BCUT2D eigenvalue weighted by atomic mass is 19.4. The van der Waals surface area contributed by atoms with Crippen molar-refractivity contribution in [3.8, 4) is 0 Å². The van der Waals surface area contributed by atoms with Crippen LogP contribution in [0.3, 0.4) is 0 Å². The van der Waals surface area contributed by atoms with Crippen molar-refractivity contribution in [2.75, 3.05) is 19.6 Å². The number of aromatic nitrogens is 2. The molecule has 1 aliphatic carbocycles. The summed E-state index contributed by atoms with van der Waals surface area (Å²) in [6.07, 6.45) is 2.19. The molecule has 2 heterocycles. The molecule has 3 N–H and O–H groups in total. The lowest BCUT2D eigenvalue weighted by atomic mass is 9.80. The molecule has 10 heteroatoms. The number of benzene rings is 1. The minimum absolute atomic E-state index is 0.0414. The Morgan fingerprint density at radius 3 is 2.62 bits per heavy atom.